The van der Waals surface area contributed by atoms with Gasteiger partial charge >= 0.3 is 0 Å². The Morgan fingerprint density at radius 3 is 2.73 bits per heavy atom. The zero-order valence-electron chi connectivity index (χ0n) is 13.4. The fourth-order valence-corrected chi connectivity index (χ4v) is 3.71. The van der Waals surface area contributed by atoms with Crippen molar-refractivity contribution < 1.29 is 0 Å². The second-order valence-corrected chi connectivity index (χ2v) is 6.95. The summed E-state index contributed by atoms with van der Waals surface area (Å²) in [5, 5.41) is 7.91. The van der Waals surface area contributed by atoms with E-state index in [1.807, 2.05) is 0 Å². The van der Waals surface area contributed by atoms with Gasteiger partial charge in [0, 0.05) is 37.7 Å². The van der Waals surface area contributed by atoms with E-state index >= 15 is 0 Å². The predicted octanol–water partition coefficient (Wildman–Crippen LogP) is 3.49. The fourth-order valence-electron chi connectivity index (χ4n) is 3.71. The Morgan fingerprint density at radius 1 is 1.18 bits per heavy atom. The van der Waals surface area contributed by atoms with Crippen molar-refractivity contribution in [1.29, 1.82) is 0 Å². The first kappa shape index (κ1) is 14.0. The maximum Gasteiger partial charge on any atom is 0.0688 e. The molecular formula is C19H25N3. The molecule has 1 saturated carbocycles. The van der Waals surface area contributed by atoms with Gasteiger partial charge in [0.15, 0.2) is 0 Å². The lowest BCUT2D eigenvalue weighted by atomic mass is 10.0. The normalized spacial score (nSPS) is 20.4. The fraction of sp³-hybridized carbons (Fsp3) is 0.526. The lowest BCUT2D eigenvalue weighted by Crippen LogP contribution is -2.30. The number of benzene rings is 1. The summed E-state index contributed by atoms with van der Waals surface area (Å²) in [6, 6.07) is 10.9. The Labute approximate surface area is 132 Å². The smallest absolute Gasteiger partial charge is 0.0688 e. The number of rotatable bonds is 4. The molecule has 2 aromatic rings. The Morgan fingerprint density at radius 2 is 1.95 bits per heavy atom. The van der Waals surface area contributed by atoms with Crippen molar-refractivity contribution >= 4 is 0 Å². The van der Waals surface area contributed by atoms with E-state index in [1.165, 1.54) is 48.3 Å². The van der Waals surface area contributed by atoms with E-state index < -0.39 is 0 Å². The van der Waals surface area contributed by atoms with Crippen LogP contribution in [0.15, 0.2) is 30.3 Å². The van der Waals surface area contributed by atoms with Crippen LogP contribution < -0.4 is 0 Å². The summed E-state index contributed by atoms with van der Waals surface area (Å²) in [5.41, 5.74) is 5.77. The van der Waals surface area contributed by atoms with Crippen LogP contribution in [0.4, 0.5) is 0 Å². The number of aromatic nitrogens is 2. The third kappa shape index (κ3) is 2.82. The molecule has 1 unspecified atom stereocenters. The third-order valence-electron chi connectivity index (χ3n) is 5.21. The molecule has 1 aromatic heterocycles. The van der Waals surface area contributed by atoms with Crippen LogP contribution in [0.3, 0.4) is 0 Å². The highest BCUT2D eigenvalue weighted by Gasteiger charge is 2.31. The molecule has 0 radical (unpaired) electrons. The first-order chi connectivity index (χ1) is 10.8. The van der Waals surface area contributed by atoms with Crippen molar-refractivity contribution in [3.63, 3.8) is 0 Å². The summed E-state index contributed by atoms with van der Waals surface area (Å²) in [4.78, 5) is 2.63. The second-order valence-electron chi connectivity index (χ2n) is 6.95. The van der Waals surface area contributed by atoms with E-state index in [-0.39, 0.29) is 0 Å². The van der Waals surface area contributed by atoms with Crippen LogP contribution >= 0.6 is 0 Å². The minimum Gasteiger partial charge on any atom is -0.302 e. The quantitative estimate of drug-likeness (QED) is 0.936. The van der Waals surface area contributed by atoms with Crippen LogP contribution in [-0.4, -0.2) is 34.7 Å². The van der Waals surface area contributed by atoms with Gasteiger partial charge in [0.1, 0.15) is 0 Å². The maximum atomic E-state index is 4.59. The van der Waals surface area contributed by atoms with Crippen molar-refractivity contribution in [2.75, 3.05) is 19.6 Å². The summed E-state index contributed by atoms with van der Waals surface area (Å²) < 4.78 is 0. The van der Waals surface area contributed by atoms with E-state index in [0.29, 0.717) is 5.92 Å². The first-order valence-corrected chi connectivity index (χ1v) is 8.64. The van der Waals surface area contributed by atoms with E-state index in [9.17, 15) is 0 Å². The average molecular weight is 295 g/mol. The first-order valence-electron chi connectivity index (χ1n) is 8.64. The van der Waals surface area contributed by atoms with Gasteiger partial charge in [-0.2, -0.15) is 5.10 Å². The zero-order valence-corrected chi connectivity index (χ0v) is 13.4. The van der Waals surface area contributed by atoms with Crippen molar-refractivity contribution in [1.82, 2.24) is 15.1 Å². The molecule has 2 heterocycles. The van der Waals surface area contributed by atoms with Gasteiger partial charge in [-0.1, -0.05) is 37.3 Å². The largest absolute Gasteiger partial charge is 0.302 e. The standard InChI is InChI=1S/C19H25N3/c1-14(15-5-3-2-4-6-15)13-22-11-9-17-18(10-12-22)20-21-19(17)16-7-8-16/h2-6,14,16H,7-13H2,1H3,(H,20,21). The molecule has 1 atom stereocenters. The van der Waals surface area contributed by atoms with Crippen LogP contribution in [0.25, 0.3) is 0 Å². The number of aromatic amines is 1. The monoisotopic (exact) mass is 295 g/mol. The summed E-state index contributed by atoms with van der Waals surface area (Å²) in [6.07, 6.45) is 4.97. The van der Waals surface area contributed by atoms with Crippen molar-refractivity contribution in [3.8, 4) is 0 Å². The van der Waals surface area contributed by atoms with Crippen molar-refractivity contribution in [2.45, 2.75) is 44.4 Å². The summed E-state index contributed by atoms with van der Waals surface area (Å²) in [7, 11) is 0. The molecule has 1 aliphatic heterocycles. The Bertz CT molecular complexity index is 627. The average Bonchev–Trinajstić information content (AvgIpc) is 3.35. The number of nitrogens with zero attached hydrogens (tertiary/aromatic N) is 2. The minimum absolute atomic E-state index is 0.596. The Hall–Kier alpha value is -1.61. The highest BCUT2D eigenvalue weighted by Crippen LogP contribution is 2.41. The number of hydrogen-bond donors (Lipinski definition) is 1. The summed E-state index contributed by atoms with van der Waals surface area (Å²) in [5.74, 6) is 1.36. The molecule has 0 amide bonds. The van der Waals surface area contributed by atoms with Gasteiger partial charge < -0.3 is 4.90 Å². The second kappa shape index (κ2) is 5.88. The maximum absolute atomic E-state index is 4.59. The number of H-pyrrole nitrogens is 1. The molecule has 0 saturated heterocycles. The number of nitrogens with one attached hydrogen (secondary N) is 1. The van der Waals surface area contributed by atoms with Gasteiger partial charge in [-0.25, -0.2) is 0 Å². The van der Waals surface area contributed by atoms with Crippen LogP contribution in [-0.2, 0) is 12.8 Å². The molecule has 116 valence electrons. The summed E-state index contributed by atoms with van der Waals surface area (Å²) >= 11 is 0. The molecule has 22 heavy (non-hydrogen) atoms. The molecule has 0 bridgehead atoms. The minimum atomic E-state index is 0.596. The van der Waals surface area contributed by atoms with E-state index in [2.05, 4.69) is 52.4 Å². The molecule has 3 heteroatoms. The molecule has 1 N–H and O–H groups in total. The lowest BCUT2D eigenvalue weighted by molar-refractivity contribution is 0.272. The van der Waals surface area contributed by atoms with Gasteiger partial charge in [0.05, 0.1) is 5.69 Å². The topological polar surface area (TPSA) is 31.9 Å². The zero-order chi connectivity index (χ0) is 14.9. The van der Waals surface area contributed by atoms with Crippen LogP contribution in [0.1, 0.15) is 54.1 Å². The van der Waals surface area contributed by atoms with Crippen LogP contribution in [0.5, 0.6) is 0 Å². The molecule has 1 aliphatic carbocycles. The van der Waals surface area contributed by atoms with E-state index in [1.54, 1.807) is 0 Å². The van der Waals surface area contributed by atoms with Gasteiger partial charge in [-0.05, 0) is 36.3 Å². The molecule has 1 aromatic carbocycles. The van der Waals surface area contributed by atoms with Crippen molar-refractivity contribution in [3.05, 3.63) is 52.8 Å². The highest BCUT2D eigenvalue weighted by molar-refractivity contribution is 5.32. The van der Waals surface area contributed by atoms with Crippen LogP contribution in [0, 0.1) is 0 Å². The molecule has 3 nitrogen and oxygen atoms in total. The SMILES string of the molecule is CC(CN1CCc2[nH]nc(C3CC3)c2CC1)c1ccccc1. The van der Waals surface area contributed by atoms with Crippen LogP contribution in [0.2, 0.25) is 0 Å². The van der Waals surface area contributed by atoms with Gasteiger partial charge in [0.25, 0.3) is 0 Å². The summed E-state index contributed by atoms with van der Waals surface area (Å²) in [6.45, 7) is 5.82. The Balaban J connectivity index is 1.41. The number of hydrogen-bond acceptors (Lipinski definition) is 2. The molecule has 1 fully saturated rings. The van der Waals surface area contributed by atoms with Gasteiger partial charge in [0.2, 0.25) is 0 Å². The van der Waals surface area contributed by atoms with Gasteiger partial charge in [-0.3, -0.25) is 5.10 Å². The van der Waals surface area contributed by atoms with E-state index in [4.69, 9.17) is 0 Å². The third-order valence-corrected chi connectivity index (χ3v) is 5.21. The van der Waals surface area contributed by atoms with E-state index in [0.717, 1.165) is 25.4 Å². The number of fused-ring (bicyclic) bond motifs is 1. The van der Waals surface area contributed by atoms with Gasteiger partial charge in [-0.15, -0.1) is 0 Å². The lowest BCUT2D eigenvalue weighted by Gasteiger charge is -2.24. The molecular weight excluding hydrogens is 270 g/mol. The predicted molar refractivity (Wildman–Crippen MR) is 89.3 cm³/mol. The molecule has 4 rings (SSSR count). The Kier molecular flexibility index (Phi) is 3.75. The molecule has 2 aliphatic rings. The molecule has 0 spiro atoms. The van der Waals surface area contributed by atoms with Crippen molar-refractivity contribution in [2.24, 2.45) is 0 Å². The highest BCUT2D eigenvalue weighted by atomic mass is 15.2.